The number of hydrogen-bond acceptors (Lipinski definition) is 5. The minimum absolute atomic E-state index is 0.0125. The summed E-state index contributed by atoms with van der Waals surface area (Å²) in [5.74, 6) is -0.143. The molecule has 0 spiro atoms. The number of benzene rings is 2. The van der Waals surface area contributed by atoms with Gasteiger partial charge in [0.15, 0.2) is 0 Å². The maximum atomic E-state index is 13.3. The van der Waals surface area contributed by atoms with Crippen molar-refractivity contribution >= 4 is 23.6 Å². The summed E-state index contributed by atoms with van der Waals surface area (Å²) in [6.45, 7) is 5.45. The number of carbonyl (C=O) groups is 3. The number of amides is 3. The fourth-order valence-electron chi connectivity index (χ4n) is 5.92. The van der Waals surface area contributed by atoms with Gasteiger partial charge in [-0.05, 0) is 86.8 Å². The predicted octanol–water partition coefficient (Wildman–Crippen LogP) is 4.58. The first-order chi connectivity index (χ1) is 18.1. The van der Waals surface area contributed by atoms with Gasteiger partial charge in [-0.25, -0.2) is 4.79 Å². The Morgan fingerprint density at radius 1 is 1.13 bits per heavy atom. The van der Waals surface area contributed by atoms with E-state index in [0.29, 0.717) is 12.8 Å². The van der Waals surface area contributed by atoms with Crippen LogP contribution in [0.15, 0.2) is 42.5 Å². The Bertz CT molecular complexity index is 1290. The van der Waals surface area contributed by atoms with Crippen molar-refractivity contribution in [1.82, 2.24) is 10.2 Å². The van der Waals surface area contributed by atoms with Gasteiger partial charge in [-0.15, -0.1) is 0 Å². The van der Waals surface area contributed by atoms with Crippen molar-refractivity contribution in [2.24, 2.45) is 5.92 Å². The first-order valence-electron chi connectivity index (χ1n) is 13.3. The first-order valence-corrected chi connectivity index (χ1v) is 13.3. The molecule has 8 nitrogen and oxygen atoms in total. The summed E-state index contributed by atoms with van der Waals surface area (Å²) in [6.07, 6.45) is 3.70. The number of nitrogens with one attached hydrogen (secondary N) is 2. The van der Waals surface area contributed by atoms with Gasteiger partial charge in [-0.3, -0.25) is 14.5 Å². The van der Waals surface area contributed by atoms with Crippen LogP contribution in [0.2, 0.25) is 0 Å². The number of anilines is 1. The zero-order chi connectivity index (χ0) is 27.0. The average Bonchev–Trinajstić information content (AvgIpc) is 3.49. The minimum atomic E-state index is -0.708. The third-order valence-electron chi connectivity index (χ3n) is 7.66. The molecule has 4 unspecified atom stereocenters. The molecule has 1 saturated carbocycles. The van der Waals surface area contributed by atoms with Gasteiger partial charge in [0.1, 0.15) is 17.7 Å². The number of fused-ring (bicyclic) bond motifs is 3. The van der Waals surface area contributed by atoms with Gasteiger partial charge in [0.25, 0.3) is 0 Å². The standard InChI is InChI=1S/C30H34N4O4/c1-30(2,3)38-29(37)34-24-11-8-22(16-24)27(34)28(36)32-23(17-31)14-18-4-6-19(7-5-18)20-9-12-25-21(15-20)10-13-26(35)33-25/h4-7,9,12,15,22-24,27H,8,10-11,13-14,16H2,1-3H3,(H,32,36)(H,33,35). The normalized spacial score (nSPS) is 22.7. The summed E-state index contributed by atoms with van der Waals surface area (Å²) >= 11 is 0. The lowest BCUT2D eigenvalue weighted by Gasteiger charge is -2.35. The fraction of sp³-hybridized carbons (Fsp3) is 0.467. The largest absolute Gasteiger partial charge is 0.444 e. The molecule has 2 N–H and O–H groups in total. The Kier molecular flexibility index (Phi) is 6.87. The zero-order valence-corrected chi connectivity index (χ0v) is 22.1. The van der Waals surface area contributed by atoms with E-state index in [1.54, 1.807) is 4.90 Å². The predicted molar refractivity (Wildman–Crippen MR) is 143 cm³/mol. The number of ether oxygens (including phenoxy) is 1. The number of aryl methyl sites for hydroxylation is 1. The lowest BCUT2D eigenvalue weighted by molar-refractivity contribution is -0.128. The van der Waals surface area contributed by atoms with E-state index in [4.69, 9.17) is 4.74 Å². The highest BCUT2D eigenvalue weighted by atomic mass is 16.6. The lowest BCUT2D eigenvalue weighted by atomic mass is 9.95. The van der Waals surface area contributed by atoms with E-state index in [1.807, 2.05) is 57.2 Å². The molecule has 1 saturated heterocycles. The highest BCUT2D eigenvalue weighted by Gasteiger charge is 2.52. The Labute approximate surface area is 223 Å². The van der Waals surface area contributed by atoms with Crippen LogP contribution >= 0.6 is 0 Å². The van der Waals surface area contributed by atoms with Gasteiger partial charge in [-0.1, -0.05) is 30.3 Å². The highest BCUT2D eigenvalue weighted by Crippen LogP contribution is 2.43. The summed E-state index contributed by atoms with van der Waals surface area (Å²) in [6, 6.07) is 14.9. The van der Waals surface area contributed by atoms with Crippen molar-refractivity contribution in [3.8, 4) is 17.2 Å². The lowest BCUT2D eigenvalue weighted by Crippen LogP contribution is -2.55. The second-order valence-electron chi connectivity index (χ2n) is 11.6. The summed E-state index contributed by atoms with van der Waals surface area (Å²) in [5, 5.41) is 15.6. The molecule has 3 aliphatic rings. The number of piperidine rings is 1. The number of likely N-dealkylation sites (tertiary alicyclic amines) is 1. The Hall–Kier alpha value is -3.86. The Morgan fingerprint density at radius 3 is 2.58 bits per heavy atom. The summed E-state index contributed by atoms with van der Waals surface area (Å²) < 4.78 is 5.59. The van der Waals surface area contributed by atoms with Crippen LogP contribution in [0.1, 0.15) is 57.6 Å². The molecule has 4 atom stereocenters. The Balaban J connectivity index is 1.24. The van der Waals surface area contributed by atoms with Crippen molar-refractivity contribution < 1.29 is 19.1 Å². The second kappa shape index (κ2) is 10.1. The van der Waals surface area contributed by atoms with E-state index in [9.17, 15) is 19.6 Å². The van der Waals surface area contributed by atoms with Crippen molar-refractivity contribution in [2.45, 2.75) is 83.0 Å². The van der Waals surface area contributed by atoms with Crippen LogP contribution in [0.3, 0.4) is 0 Å². The second-order valence-corrected chi connectivity index (χ2v) is 11.6. The van der Waals surface area contributed by atoms with E-state index in [1.165, 1.54) is 0 Å². The Morgan fingerprint density at radius 2 is 1.87 bits per heavy atom. The van der Waals surface area contributed by atoms with E-state index in [2.05, 4.69) is 22.8 Å². The van der Waals surface area contributed by atoms with Gasteiger partial charge < -0.3 is 15.4 Å². The van der Waals surface area contributed by atoms with Gasteiger partial charge >= 0.3 is 6.09 Å². The molecule has 2 aromatic rings. The average molecular weight is 515 g/mol. The zero-order valence-electron chi connectivity index (χ0n) is 22.1. The maximum absolute atomic E-state index is 13.3. The third kappa shape index (κ3) is 5.38. The molecule has 5 rings (SSSR count). The quantitative estimate of drug-likeness (QED) is 0.607. The monoisotopic (exact) mass is 514 g/mol. The number of hydrogen-bond donors (Lipinski definition) is 2. The van der Waals surface area contributed by atoms with Crippen LogP contribution in [0.4, 0.5) is 10.5 Å². The van der Waals surface area contributed by atoms with E-state index in [-0.39, 0.29) is 23.8 Å². The van der Waals surface area contributed by atoms with E-state index >= 15 is 0 Å². The first kappa shape index (κ1) is 25.8. The molecule has 2 aromatic carbocycles. The molecular weight excluding hydrogens is 480 g/mol. The van der Waals surface area contributed by atoms with Crippen molar-refractivity contribution in [3.05, 3.63) is 53.6 Å². The molecule has 198 valence electrons. The maximum Gasteiger partial charge on any atom is 0.411 e. The number of nitriles is 1. The van der Waals surface area contributed by atoms with Crippen LogP contribution in [0, 0.1) is 17.2 Å². The van der Waals surface area contributed by atoms with Crippen molar-refractivity contribution in [1.29, 1.82) is 5.26 Å². The third-order valence-corrected chi connectivity index (χ3v) is 7.66. The summed E-state index contributed by atoms with van der Waals surface area (Å²) in [5.41, 5.74) is 4.39. The van der Waals surface area contributed by atoms with Crippen LogP contribution in [-0.4, -0.2) is 46.5 Å². The molecule has 0 aromatic heterocycles. The number of nitrogens with zero attached hydrogens (tertiary/aromatic N) is 2. The minimum Gasteiger partial charge on any atom is -0.444 e. The fourth-order valence-corrected chi connectivity index (χ4v) is 5.92. The molecule has 8 heteroatoms. The summed E-state index contributed by atoms with van der Waals surface area (Å²) in [7, 11) is 0. The van der Waals surface area contributed by atoms with Crippen LogP contribution in [-0.2, 0) is 27.2 Å². The molecule has 0 radical (unpaired) electrons. The van der Waals surface area contributed by atoms with Crippen LogP contribution in [0.5, 0.6) is 0 Å². The SMILES string of the molecule is CC(C)(C)OC(=O)N1C2CCC(C2)C1C(=O)NC(C#N)Cc1ccc(-c2ccc3c(c2)CCC(=O)N3)cc1. The van der Waals surface area contributed by atoms with Gasteiger partial charge in [-0.2, -0.15) is 5.26 Å². The van der Waals surface area contributed by atoms with Crippen molar-refractivity contribution in [2.75, 3.05) is 5.32 Å². The molecule has 2 aliphatic heterocycles. The number of rotatable bonds is 5. The number of carbonyl (C=O) groups excluding carboxylic acids is 3. The molecule has 38 heavy (non-hydrogen) atoms. The molecular formula is C30H34N4O4. The molecule has 2 heterocycles. The van der Waals surface area contributed by atoms with Gasteiger partial charge in [0, 0.05) is 24.6 Å². The van der Waals surface area contributed by atoms with Gasteiger partial charge in [0.05, 0.1) is 6.07 Å². The van der Waals surface area contributed by atoms with Crippen molar-refractivity contribution in [3.63, 3.8) is 0 Å². The van der Waals surface area contributed by atoms with E-state index < -0.39 is 23.8 Å². The molecule has 1 aliphatic carbocycles. The van der Waals surface area contributed by atoms with Crippen LogP contribution in [0.25, 0.3) is 11.1 Å². The van der Waals surface area contributed by atoms with E-state index in [0.717, 1.165) is 53.6 Å². The molecule has 2 bridgehead atoms. The molecule has 2 fully saturated rings. The highest BCUT2D eigenvalue weighted by molar-refractivity contribution is 5.94. The topological polar surface area (TPSA) is 112 Å². The van der Waals surface area contributed by atoms with Crippen LogP contribution < -0.4 is 10.6 Å². The smallest absolute Gasteiger partial charge is 0.411 e. The molecule has 3 amide bonds. The van der Waals surface area contributed by atoms with Gasteiger partial charge in [0.2, 0.25) is 11.8 Å². The summed E-state index contributed by atoms with van der Waals surface area (Å²) in [4.78, 5) is 39.4.